The fourth-order valence-electron chi connectivity index (χ4n) is 7.08. The molecule has 5 aliphatic rings. The fourth-order valence-corrected chi connectivity index (χ4v) is 7.08. The van der Waals surface area contributed by atoms with E-state index in [1.165, 1.54) is 32.1 Å². The van der Waals surface area contributed by atoms with E-state index in [9.17, 15) is 4.79 Å². The van der Waals surface area contributed by atoms with Crippen molar-refractivity contribution >= 4 is 22.8 Å². The second kappa shape index (κ2) is 6.67. The van der Waals surface area contributed by atoms with Crippen molar-refractivity contribution in [3.63, 3.8) is 0 Å². The molecule has 1 N–H and O–H groups in total. The molecule has 154 valence electrons. The highest BCUT2D eigenvalue weighted by Gasteiger charge is 2.54. The lowest BCUT2D eigenvalue weighted by Crippen LogP contribution is -2.53. The summed E-state index contributed by atoms with van der Waals surface area (Å²) in [4.78, 5) is 24.5. The third-order valence-corrected chi connectivity index (χ3v) is 7.95. The van der Waals surface area contributed by atoms with Crippen LogP contribution in [0.5, 0.6) is 0 Å². The van der Waals surface area contributed by atoms with Crippen LogP contribution in [0.3, 0.4) is 0 Å². The highest BCUT2D eigenvalue weighted by atomic mass is 16.2. The van der Waals surface area contributed by atoms with Crippen molar-refractivity contribution in [3.05, 3.63) is 12.5 Å². The Labute approximate surface area is 171 Å². The normalized spacial score (nSPS) is 33.0. The van der Waals surface area contributed by atoms with E-state index in [0.29, 0.717) is 19.0 Å². The second-order valence-electron chi connectivity index (χ2n) is 9.95. The minimum Gasteiger partial charge on any atom is -0.356 e. The van der Waals surface area contributed by atoms with Crippen molar-refractivity contribution in [2.24, 2.45) is 23.2 Å². The second-order valence-corrected chi connectivity index (χ2v) is 9.95. The summed E-state index contributed by atoms with van der Waals surface area (Å²) in [5.74, 6) is 3.67. The van der Waals surface area contributed by atoms with Crippen molar-refractivity contribution < 1.29 is 4.79 Å². The van der Waals surface area contributed by atoms with Crippen molar-refractivity contribution in [1.29, 1.82) is 0 Å². The van der Waals surface area contributed by atoms with Crippen LogP contribution in [0.4, 0.5) is 5.82 Å². The first-order chi connectivity index (χ1) is 14.2. The number of amides is 1. The molecule has 1 amide bonds. The summed E-state index contributed by atoms with van der Waals surface area (Å²) in [6.45, 7) is 3.37. The summed E-state index contributed by atoms with van der Waals surface area (Å²) in [6, 6.07) is 0. The van der Waals surface area contributed by atoms with E-state index >= 15 is 0 Å². The summed E-state index contributed by atoms with van der Waals surface area (Å²) < 4.78 is 1.91. The van der Waals surface area contributed by atoms with Crippen LogP contribution in [0.15, 0.2) is 12.5 Å². The minimum atomic E-state index is -0.0774. The van der Waals surface area contributed by atoms with Gasteiger partial charge in [-0.05, 0) is 69.1 Å². The maximum atomic E-state index is 13.1. The van der Waals surface area contributed by atoms with Gasteiger partial charge in [0.25, 0.3) is 0 Å². The molecule has 0 unspecified atom stereocenters. The highest BCUT2D eigenvalue weighted by Crippen LogP contribution is 2.60. The molecule has 29 heavy (non-hydrogen) atoms. The zero-order valence-electron chi connectivity index (χ0n) is 17.0. The molecular formula is C22H30N6O. The van der Waals surface area contributed by atoms with E-state index in [1.54, 1.807) is 6.33 Å². The molecule has 2 aromatic heterocycles. The Morgan fingerprint density at radius 2 is 1.76 bits per heavy atom. The van der Waals surface area contributed by atoms with Gasteiger partial charge in [0.2, 0.25) is 5.91 Å². The van der Waals surface area contributed by atoms with Crippen LogP contribution in [-0.2, 0) is 11.3 Å². The van der Waals surface area contributed by atoms with Crippen LogP contribution in [0.25, 0.3) is 11.0 Å². The first-order valence-corrected chi connectivity index (χ1v) is 11.4. The molecule has 7 nitrogen and oxygen atoms in total. The van der Waals surface area contributed by atoms with Gasteiger partial charge in [0.1, 0.15) is 12.1 Å². The fraction of sp³-hybridized carbons (Fsp3) is 0.727. The lowest BCUT2D eigenvalue weighted by atomic mass is 9.49. The predicted molar refractivity (Wildman–Crippen MR) is 110 cm³/mol. The molecular weight excluding hydrogens is 364 g/mol. The van der Waals surface area contributed by atoms with Crippen LogP contribution in [0.1, 0.15) is 51.4 Å². The summed E-state index contributed by atoms with van der Waals surface area (Å²) in [6.07, 6.45) is 13.4. The largest absolute Gasteiger partial charge is 0.356 e. The molecule has 4 aliphatic carbocycles. The molecule has 7 heteroatoms. The van der Waals surface area contributed by atoms with E-state index in [1.807, 2.05) is 10.9 Å². The van der Waals surface area contributed by atoms with Crippen molar-refractivity contribution in [2.75, 3.05) is 24.5 Å². The summed E-state index contributed by atoms with van der Waals surface area (Å²) in [7, 11) is 0. The van der Waals surface area contributed by atoms with Gasteiger partial charge in [-0.3, -0.25) is 4.79 Å². The number of nitrogens with zero attached hydrogens (tertiary/aromatic N) is 5. The first kappa shape index (κ1) is 17.7. The van der Waals surface area contributed by atoms with Crippen molar-refractivity contribution in [3.8, 4) is 0 Å². The van der Waals surface area contributed by atoms with Crippen molar-refractivity contribution in [1.82, 2.24) is 25.1 Å². The lowest BCUT2D eigenvalue weighted by Gasteiger charge is -2.55. The number of hydrogen-bond donors (Lipinski definition) is 1. The minimum absolute atomic E-state index is 0.0774. The zero-order chi connectivity index (χ0) is 19.4. The number of carbonyl (C=O) groups excluding carboxylic acids is 1. The predicted octanol–water partition coefficient (Wildman–Crippen LogP) is 2.76. The number of carbonyl (C=O) groups is 1. The average Bonchev–Trinajstić information content (AvgIpc) is 3.37. The Morgan fingerprint density at radius 1 is 1.07 bits per heavy atom. The summed E-state index contributed by atoms with van der Waals surface area (Å²) >= 11 is 0. The highest BCUT2D eigenvalue weighted by molar-refractivity contribution is 5.87. The molecule has 4 bridgehead atoms. The van der Waals surface area contributed by atoms with Crippen LogP contribution in [0, 0.1) is 23.2 Å². The molecule has 5 fully saturated rings. The van der Waals surface area contributed by atoms with Gasteiger partial charge in [-0.25, -0.2) is 14.6 Å². The topological polar surface area (TPSA) is 75.9 Å². The van der Waals surface area contributed by atoms with Crippen LogP contribution >= 0.6 is 0 Å². The average molecular weight is 395 g/mol. The molecule has 0 atom stereocenters. The maximum absolute atomic E-state index is 13.1. The van der Waals surface area contributed by atoms with E-state index in [4.69, 9.17) is 0 Å². The van der Waals surface area contributed by atoms with Gasteiger partial charge in [-0.2, -0.15) is 5.10 Å². The monoisotopic (exact) mass is 394 g/mol. The maximum Gasteiger partial charge on any atom is 0.226 e. The van der Waals surface area contributed by atoms with Gasteiger partial charge < -0.3 is 10.2 Å². The quantitative estimate of drug-likeness (QED) is 0.844. The SMILES string of the molecule is O=C(NCCn1ncc2c(N3CCCC3)ncnc21)C12CC3CC(CC(C3)C1)C2. The summed E-state index contributed by atoms with van der Waals surface area (Å²) in [5, 5.41) is 8.83. The van der Waals surface area contributed by atoms with E-state index in [0.717, 1.165) is 67.0 Å². The Balaban J connectivity index is 1.14. The third-order valence-electron chi connectivity index (χ3n) is 7.95. The van der Waals surface area contributed by atoms with Gasteiger partial charge in [-0.1, -0.05) is 0 Å². The molecule has 1 saturated heterocycles. The van der Waals surface area contributed by atoms with Crippen LogP contribution in [-0.4, -0.2) is 45.3 Å². The van der Waals surface area contributed by atoms with Crippen molar-refractivity contribution in [2.45, 2.75) is 57.9 Å². The third kappa shape index (κ3) is 2.92. The number of anilines is 1. The smallest absolute Gasteiger partial charge is 0.226 e. The van der Waals surface area contributed by atoms with E-state index in [-0.39, 0.29) is 5.41 Å². The molecule has 0 radical (unpaired) electrons. The molecule has 1 aliphatic heterocycles. The Bertz CT molecular complexity index is 895. The van der Waals surface area contributed by atoms with Gasteiger partial charge in [0, 0.05) is 25.0 Å². The van der Waals surface area contributed by atoms with Gasteiger partial charge >= 0.3 is 0 Å². The molecule has 0 aromatic carbocycles. The van der Waals surface area contributed by atoms with E-state index < -0.39 is 0 Å². The number of nitrogens with one attached hydrogen (secondary N) is 1. The molecule has 3 heterocycles. The molecule has 7 rings (SSSR count). The van der Waals surface area contributed by atoms with Crippen LogP contribution < -0.4 is 10.2 Å². The van der Waals surface area contributed by atoms with Crippen LogP contribution in [0.2, 0.25) is 0 Å². The van der Waals surface area contributed by atoms with Gasteiger partial charge in [0.15, 0.2) is 5.65 Å². The first-order valence-electron chi connectivity index (χ1n) is 11.4. The summed E-state index contributed by atoms with van der Waals surface area (Å²) in [5.41, 5.74) is 0.789. The number of aromatic nitrogens is 4. The number of rotatable bonds is 5. The van der Waals surface area contributed by atoms with Gasteiger partial charge in [-0.15, -0.1) is 0 Å². The standard InChI is InChI=1S/C22H30N6O/c29-21(22-10-15-7-16(11-22)9-17(8-15)12-22)23-3-6-28-20-18(13-26-28)19(24-14-25-20)27-4-1-2-5-27/h13-17H,1-12H2,(H,23,29). The number of hydrogen-bond acceptors (Lipinski definition) is 5. The molecule has 2 aromatic rings. The Kier molecular flexibility index (Phi) is 4.06. The Morgan fingerprint density at radius 3 is 2.45 bits per heavy atom. The molecule has 4 saturated carbocycles. The van der Waals surface area contributed by atoms with Gasteiger partial charge in [0.05, 0.1) is 18.1 Å². The van der Waals surface area contributed by atoms with E-state index in [2.05, 4.69) is 25.3 Å². The molecule has 0 spiro atoms. The number of fused-ring (bicyclic) bond motifs is 1. The lowest BCUT2D eigenvalue weighted by molar-refractivity contribution is -0.146. The Hall–Kier alpha value is -2.18. The zero-order valence-corrected chi connectivity index (χ0v) is 17.0.